The molecule has 1 aliphatic rings. The number of piperidine rings is 1. The van der Waals surface area contributed by atoms with Crippen LogP contribution >= 0.6 is 0 Å². The van der Waals surface area contributed by atoms with E-state index < -0.39 is 0 Å². The first-order valence-electron chi connectivity index (χ1n) is 12.7. The van der Waals surface area contributed by atoms with Crippen molar-refractivity contribution in [3.63, 3.8) is 0 Å². The summed E-state index contributed by atoms with van der Waals surface area (Å²) in [5.74, 6) is 0.731. The summed E-state index contributed by atoms with van der Waals surface area (Å²) in [5.41, 5.74) is 4.59. The molecule has 2 heterocycles. The zero-order valence-electron chi connectivity index (χ0n) is 21.8. The van der Waals surface area contributed by atoms with Gasteiger partial charge in [-0.2, -0.15) is 5.10 Å². The number of rotatable bonds is 11. The molecular weight excluding hydrogens is 470 g/mol. The van der Waals surface area contributed by atoms with Gasteiger partial charge in [-0.05, 0) is 67.6 Å². The van der Waals surface area contributed by atoms with Gasteiger partial charge in [-0.15, -0.1) is 0 Å². The largest absolute Gasteiger partial charge is 0.497 e. The van der Waals surface area contributed by atoms with Crippen LogP contribution in [0.2, 0.25) is 0 Å². The number of carbonyl (C=O) groups is 3. The third-order valence-electron chi connectivity index (χ3n) is 7.28. The van der Waals surface area contributed by atoms with E-state index in [4.69, 9.17) is 4.74 Å². The van der Waals surface area contributed by atoms with Crippen LogP contribution in [0.25, 0.3) is 10.9 Å². The van der Waals surface area contributed by atoms with Gasteiger partial charge in [0.2, 0.25) is 12.3 Å². The number of ketones is 1. The number of carbonyl (C=O) groups excluding carboxylic acids is 3. The number of aromatic amines is 1. The van der Waals surface area contributed by atoms with Gasteiger partial charge in [-0.1, -0.05) is 0 Å². The van der Waals surface area contributed by atoms with Crippen molar-refractivity contribution in [3.05, 3.63) is 53.2 Å². The number of hydrogen-bond donors (Lipinski definition) is 2. The lowest BCUT2D eigenvalue weighted by Crippen LogP contribution is -2.47. The number of amides is 2. The van der Waals surface area contributed by atoms with Crippen molar-refractivity contribution in [1.29, 1.82) is 0 Å². The average molecular weight is 506 g/mol. The van der Waals surface area contributed by atoms with E-state index in [-0.39, 0.29) is 30.6 Å². The Morgan fingerprint density at radius 3 is 2.70 bits per heavy atom. The van der Waals surface area contributed by atoms with Crippen LogP contribution < -0.4 is 10.1 Å². The fourth-order valence-electron chi connectivity index (χ4n) is 5.08. The van der Waals surface area contributed by atoms with Crippen LogP contribution in [0, 0.1) is 6.92 Å². The van der Waals surface area contributed by atoms with Crippen LogP contribution in [-0.2, 0) is 16.0 Å². The van der Waals surface area contributed by atoms with Crippen molar-refractivity contribution in [2.75, 3.05) is 39.1 Å². The third-order valence-corrected chi connectivity index (χ3v) is 7.28. The Kier molecular flexibility index (Phi) is 8.43. The number of H-pyrrole nitrogens is 1. The second-order valence-electron chi connectivity index (χ2n) is 9.53. The lowest BCUT2D eigenvalue weighted by molar-refractivity contribution is -0.133. The molecule has 1 fully saturated rings. The van der Waals surface area contributed by atoms with Crippen LogP contribution in [0.4, 0.5) is 5.69 Å². The van der Waals surface area contributed by atoms with Crippen LogP contribution in [0.1, 0.15) is 47.2 Å². The third kappa shape index (κ3) is 6.10. The van der Waals surface area contributed by atoms with Crippen molar-refractivity contribution in [1.82, 2.24) is 20.0 Å². The summed E-state index contributed by atoms with van der Waals surface area (Å²) in [7, 11) is 3.52. The summed E-state index contributed by atoms with van der Waals surface area (Å²) in [5, 5.41) is 11.1. The van der Waals surface area contributed by atoms with Gasteiger partial charge in [-0.25, -0.2) is 0 Å². The number of Topliss-reactive ketones (excluding diaryl/α,β-unsaturated/α-hetero) is 1. The van der Waals surface area contributed by atoms with Gasteiger partial charge in [0.25, 0.3) is 0 Å². The number of anilines is 1. The van der Waals surface area contributed by atoms with Crippen molar-refractivity contribution in [2.24, 2.45) is 0 Å². The number of nitrogens with one attached hydrogen (secondary N) is 2. The molecule has 4 rings (SSSR count). The number of benzene rings is 2. The van der Waals surface area contributed by atoms with E-state index in [2.05, 4.69) is 15.5 Å². The molecule has 0 atom stereocenters. The molecule has 1 saturated heterocycles. The molecule has 3 aromatic rings. The highest BCUT2D eigenvalue weighted by Crippen LogP contribution is 2.24. The maximum atomic E-state index is 12.8. The predicted molar refractivity (Wildman–Crippen MR) is 143 cm³/mol. The van der Waals surface area contributed by atoms with Gasteiger partial charge in [0.15, 0.2) is 5.78 Å². The smallest absolute Gasteiger partial charge is 0.223 e. The van der Waals surface area contributed by atoms with Crippen molar-refractivity contribution < 1.29 is 19.1 Å². The lowest BCUT2D eigenvalue weighted by atomic mass is 10.00. The van der Waals surface area contributed by atoms with E-state index in [1.54, 1.807) is 13.3 Å². The van der Waals surface area contributed by atoms with Crippen molar-refractivity contribution >= 4 is 34.7 Å². The molecule has 2 amide bonds. The number of nitrogens with zero attached hydrogens (tertiary/aromatic N) is 3. The number of fused-ring (bicyclic) bond motifs is 1. The molecule has 0 saturated carbocycles. The van der Waals surface area contributed by atoms with Crippen LogP contribution in [-0.4, -0.2) is 77.9 Å². The SMILES string of the molecule is CNc1ccc(OC)cc1CCN(C=O)C1CCN(C(=O)CCC(=O)c2cc(C)c3[nH]ncc3c2)CC1. The Morgan fingerprint density at radius 1 is 1.22 bits per heavy atom. The molecule has 0 unspecified atom stereocenters. The highest BCUT2D eigenvalue weighted by molar-refractivity contribution is 6.01. The molecule has 0 aliphatic carbocycles. The van der Waals surface area contributed by atoms with E-state index in [9.17, 15) is 14.4 Å². The van der Waals surface area contributed by atoms with Crippen molar-refractivity contribution in [2.45, 2.75) is 45.1 Å². The number of hydrogen-bond acceptors (Lipinski definition) is 6. The first kappa shape index (κ1) is 26.2. The van der Waals surface area contributed by atoms with Crippen LogP contribution in [0.15, 0.2) is 36.5 Å². The predicted octanol–water partition coefficient (Wildman–Crippen LogP) is 3.58. The number of aryl methyl sites for hydroxylation is 1. The van der Waals surface area contributed by atoms with Gasteiger partial charge in [0.1, 0.15) is 5.75 Å². The molecule has 2 aromatic carbocycles. The topological polar surface area (TPSA) is 108 Å². The second-order valence-corrected chi connectivity index (χ2v) is 9.53. The first-order valence-corrected chi connectivity index (χ1v) is 12.7. The van der Waals surface area contributed by atoms with E-state index in [0.29, 0.717) is 31.6 Å². The fraction of sp³-hybridized carbons (Fsp3) is 0.429. The number of methoxy groups -OCH3 is 1. The van der Waals surface area contributed by atoms with Gasteiger partial charge >= 0.3 is 0 Å². The van der Waals surface area contributed by atoms with E-state index in [1.165, 1.54) is 0 Å². The summed E-state index contributed by atoms with van der Waals surface area (Å²) in [4.78, 5) is 41.1. The highest BCUT2D eigenvalue weighted by atomic mass is 16.5. The average Bonchev–Trinajstić information content (AvgIpc) is 3.41. The Bertz CT molecular complexity index is 1260. The summed E-state index contributed by atoms with van der Waals surface area (Å²) in [6.45, 7) is 3.70. The number of likely N-dealkylation sites (tertiary alicyclic amines) is 1. The molecule has 1 aliphatic heterocycles. The molecule has 9 heteroatoms. The minimum absolute atomic E-state index is 0.0133. The number of aromatic nitrogens is 2. The summed E-state index contributed by atoms with van der Waals surface area (Å²) >= 11 is 0. The molecule has 1 aromatic heterocycles. The Morgan fingerprint density at radius 2 is 2.00 bits per heavy atom. The van der Waals surface area contributed by atoms with Gasteiger partial charge < -0.3 is 19.9 Å². The minimum atomic E-state index is -0.0416. The van der Waals surface area contributed by atoms with E-state index in [1.807, 2.05) is 54.1 Å². The van der Waals surface area contributed by atoms with Crippen molar-refractivity contribution in [3.8, 4) is 5.75 Å². The standard InChI is InChI=1S/C28H35N5O4/c1-19-14-21(15-22-17-30-31-28(19)22)26(35)6-7-27(36)32-12-9-23(10-13-32)33(18-34)11-8-20-16-24(37-3)4-5-25(20)29-2/h4-5,14-18,23,29H,6-13H2,1-3H3,(H,30,31). The van der Waals surface area contributed by atoms with Gasteiger partial charge in [0.05, 0.1) is 18.8 Å². The van der Waals surface area contributed by atoms with Gasteiger partial charge in [-0.3, -0.25) is 19.5 Å². The van der Waals surface area contributed by atoms with E-state index >= 15 is 0 Å². The molecular formula is C28H35N5O4. The summed E-state index contributed by atoms with van der Waals surface area (Å²) < 4.78 is 5.34. The monoisotopic (exact) mass is 505 g/mol. The molecule has 2 N–H and O–H groups in total. The lowest BCUT2D eigenvalue weighted by Gasteiger charge is -2.37. The summed E-state index contributed by atoms with van der Waals surface area (Å²) in [6, 6.07) is 9.64. The zero-order chi connectivity index (χ0) is 26.4. The second kappa shape index (κ2) is 11.9. The molecule has 0 radical (unpaired) electrons. The van der Waals surface area contributed by atoms with Gasteiger partial charge in [0, 0.05) is 62.2 Å². The molecule has 196 valence electrons. The Hall–Kier alpha value is -3.88. The zero-order valence-corrected chi connectivity index (χ0v) is 21.8. The Balaban J connectivity index is 1.26. The van der Waals surface area contributed by atoms with E-state index in [0.717, 1.165) is 52.7 Å². The molecule has 37 heavy (non-hydrogen) atoms. The number of ether oxygens (including phenoxy) is 1. The fourth-order valence-corrected chi connectivity index (χ4v) is 5.08. The first-order chi connectivity index (χ1) is 17.9. The maximum Gasteiger partial charge on any atom is 0.223 e. The van der Waals surface area contributed by atoms with Crippen LogP contribution in [0.3, 0.4) is 0 Å². The molecule has 0 bridgehead atoms. The minimum Gasteiger partial charge on any atom is -0.497 e. The quantitative estimate of drug-likeness (QED) is 0.305. The molecule has 0 spiro atoms. The van der Waals surface area contributed by atoms with Crippen LogP contribution in [0.5, 0.6) is 5.75 Å². The Labute approximate surface area is 217 Å². The molecule has 9 nitrogen and oxygen atoms in total. The summed E-state index contributed by atoms with van der Waals surface area (Å²) in [6.07, 6.45) is 5.14. The highest BCUT2D eigenvalue weighted by Gasteiger charge is 2.26. The normalized spacial score (nSPS) is 14.0. The maximum absolute atomic E-state index is 12.8.